The van der Waals surface area contributed by atoms with Crippen molar-refractivity contribution < 1.29 is 4.79 Å². The lowest BCUT2D eigenvalue weighted by molar-refractivity contribution is -0.128. The first-order valence-corrected chi connectivity index (χ1v) is 6.62. The molecule has 0 radical (unpaired) electrons. The Labute approximate surface area is 113 Å². The monoisotopic (exact) mass is 266 g/mol. The molecule has 18 heavy (non-hydrogen) atoms. The first-order valence-electron chi connectivity index (χ1n) is 6.24. The summed E-state index contributed by atoms with van der Waals surface area (Å²) in [7, 11) is 0. The van der Waals surface area contributed by atoms with Crippen LogP contribution in [0.4, 0.5) is 0 Å². The van der Waals surface area contributed by atoms with Crippen LogP contribution in [0.15, 0.2) is 24.3 Å². The highest BCUT2D eigenvalue weighted by Crippen LogP contribution is 2.21. The molecule has 0 saturated carbocycles. The molecule has 1 fully saturated rings. The van der Waals surface area contributed by atoms with E-state index >= 15 is 0 Å². The molecular weight excluding hydrogens is 248 g/mol. The summed E-state index contributed by atoms with van der Waals surface area (Å²) < 4.78 is 0. The number of nitrogens with one attached hydrogen (secondary N) is 2. The largest absolute Gasteiger partial charge is 0.351 e. The molecule has 1 aromatic carbocycles. The third kappa shape index (κ3) is 3.24. The summed E-state index contributed by atoms with van der Waals surface area (Å²) in [4.78, 5) is 11.9. The second-order valence-electron chi connectivity index (χ2n) is 5.50. The zero-order valence-electron chi connectivity index (χ0n) is 10.8. The Morgan fingerprint density at radius 2 is 2.11 bits per heavy atom. The lowest BCUT2D eigenvalue weighted by atomic mass is 9.93. The molecule has 0 atom stereocenters. The number of carbonyl (C=O) groups is 1. The maximum absolute atomic E-state index is 11.9. The Bertz CT molecular complexity index is 441. The van der Waals surface area contributed by atoms with Crippen molar-refractivity contribution in [2.45, 2.75) is 25.8 Å². The number of amides is 1. The van der Waals surface area contributed by atoms with E-state index in [1.165, 1.54) is 0 Å². The van der Waals surface area contributed by atoms with Crippen LogP contribution in [-0.4, -0.2) is 24.5 Å². The second-order valence-corrected chi connectivity index (χ2v) is 5.90. The topological polar surface area (TPSA) is 41.1 Å². The summed E-state index contributed by atoms with van der Waals surface area (Å²) in [5.41, 5.74) is 0.786. The molecule has 4 heteroatoms. The van der Waals surface area contributed by atoms with Crippen molar-refractivity contribution in [3.05, 3.63) is 34.9 Å². The molecule has 0 aliphatic carbocycles. The summed E-state index contributed by atoms with van der Waals surface area (Å²) >= 11 is 6.15. The van der Waals surface area contributed by atoms with Gasteiger partial charge in [0, 0.05) is 23.7 Å². The lowest BCUT2D eigenvalue weighted by Gasteiger charge is -2.32. The van der Waals surface area contributed by atoms with Crippen molar-refractivity contribution in [3.63, 3.8) is 0 Å². The molecule has 0 aromatic heterocycles. The quantitative estimate of drug-likeness (QED) is 0.875. The van der Waals surface area contributed by atoms with Crippen molar-refractivity contribution in [2.75, 3.05) is 13.1 Å². The van der Waals surface area contributed by atoms with Gasteiger partial charge in [-0.2, -0.15) is 0 Å². The van der Waals surface area contributed by atoms with E-state index in [1.54, 1.807) is 0 Å². The second kappa shape index (κ2) is 5.29. The van der Waals surface area contributed by atoms with Gasteiger partial charge in [-0.3, -0.25) is 4.79 Å². The summed E-state index contributed by atoms with van der Waals surface area (Å²) in [5, 5.41) is 6.96. The fourth-order valence-electron chi connectivity index (χ4n) is 2.07. The molecule has 0 unspecified atom stereocenters. The zero-order chi connectivity index (χ0) is 13.2. The summed E-state index contributed by atoms with van der Waals surface area (Å²) in [6, 6.07) is 7.76. The minimum atomic E-state index is -0.280. The first kappa shape index (κ1) is 13.4. The highest BCUT2D eigenvalue weighted by atomic mass is 35.5. The fourth-order valence-corrected chi connectivity index (χ4v) is 2.27. The van der Waals surface area contributed by atoms with Crippen LogP contribution in [0.5, 0.6) is 0 Å². The summed E-state index contributed by atoms with van der Waals surface area (Å²) in [5.74, 6) is 0.251. The molecule has 1 aliphatic rings. The molecule has 2 N–H and O–H groups in total. The third-order valence-corrected chi connectivity index (χ3v) is 3.57. The number of rotatable bonds is 4. The van der Waals surface area contributed by atoms with Crippen LogP contribution in [0.2, 0.25) is 5.02 Å². The number of hydrogen-bond donors (Lipinski definition) is 2. The van der Waals surface area contributed by atoms with Gasteiger partial charge >= 0.3 is 0 Å². The molecule has 3 nitrogen and oxygen atoms in total. The van der Waals surface area contributed by atoms with Crippen molar-refractivity contribution >= 4 is 17.5 Å². The Kier molecular flexibility index (Phi) is 3.93. The predicted molar refractivity (Wildman–Crippen MR) is 73.7 cm³/mol. The fraction of sp³-hybridized carbons (Fsp3) is 0.500. The predicted octanol–water partition coefficient (Wildman–Crippen LogP) is 2.00. The number of benzene rings is 1. The summed E-state index contributed by atoms with van der Waals surface area (Å²) in [6.07, 6.45) is 0.735. The van der Waals surface area contributed by atoms with Gasteiger partial charge in [0.05, 0.1) is 5.92 Å². The van der Waals surface area contributed by atoms with E-state index in [9.17, 15) is 4.79 Å². The van der Waals surface area contributed by atoms with E-state index in [2.05, 4.69) is 10.6 Å². The Balaban J connectivity index is 1.98. The minimum Gasteiger partial charge on any atom is -0.351 e. The Morgan fingerprint density at radius 1 is 1.44 bits per heavy atom. The van der Waals surface area contributed by atoms with E-state index in [0.29, 0.717) is 0 Å². The average Bonchev–Trinajstić information content (AvgIpc) is 2.17. The number of halogens is 1. The van der Waals surface area contributed by atoms with Crippen LogP contribution in [-0.2, 0) is 11.2 Å². The molecule has 2 rings (SSSR count). The molecule has 1 saturated heterocycles. The minimum absolute atomic E-state index is 0.121. The maximum Gasteiger partial charge on any atom is 0.226 e. The molecular formula is C14H19ClN2O. The number of carbonyl (C=O) groups excluding carboxylic acids is 1. The normalized spacial score (nSPS) is 16.2. The molecule has 1 aliphatic heterocycles. The first-order chi connectivity index (χ1) is 8.48. The van der Waals surface area contributed by atoms with Gasteiger partial charge in [0.15, 0.2) is 0 Å². The van der Waals surface area contributed by atoms with Gasteiger partial charge in [-0.15, -0.1) is 0 Å². The Morgan fingerprint density at radius 3 is 2.67 bits per heavy atom. The van der Waals surface area contributed by atoms with Crippen molar-refractivity contribution in [3.8, 4) is 0 Å². The van der Waals surface area contributed by atoms with Crippen LogP contribution in [0.1, 0.15) is 19.4 Å². The van der Waals surface area contributed by atoms with Crippen molar-refractivity contribution in [1.82, 2.24) is 10.6 Å². The van der Waals surface area contributed by atoms with E-state index in [1.807, 2.05) is 38.1 Å². The Hall–Kier alpha value is -1.06. The molecule has 98 valence electrons. The number of hydrogen-bond acceptors (Lipinski definition) is 2. The van der Waals surface area contributed by atoms with E-state index < -0.39 is 0 Å². The molecule has 0 spiro atoms. The average molecular weight is 267 g/mol. The molecule has 0 bridgehead atoms. The maximum atomic E-state index is 11.9. The van der Waals surface area contributed by atoms with E-state index in [-0.39, 0.29) is 17.4 Å². The summed E-state index contributed by atoms with van der Waals surface area (Å²) in [6.45, 7) is 5.63. The van der Waals surface area contributed by atoms with Gasteiger partial charge < -0.3 is 10.6 Å². The van der Waals surface area contributed by atoms with Gasteiger partial charge in [-0.1, -0.05) is 29.8 Å². The van der Waals surface area contributed by atoms with Gasteiger partial charge in [0.2, 0.25) is 5.91 Å². The van der Waals surface area contributed by atoms with Crippen LogP contribution in [0.25, 0.3) is 0 Å². The molecule has 1 heterocycles. The molecule has 1 amide bonds. The zero-order valence-corrected chi connectivity index (χ0v) is 11.6. The van der Waals surface area contributed by atoms with Crippen LogP contribution >= 0.6 is 11.6 Å². The van der Waals surface area contributed by atoms with E-state index in [4.69, 9.17) is 11.6 Å². The van der Waals surface area contributed by atoms with Crippen molar-refractivity contribution in [1.29, 1.82) is 0 Å². The SMILES string of the molecule is CC(C)(Cc1ccccc1Cl)NC(=O)C1CNC1. The van der Waals surface area contributed by atoms with Crippen LogP contribution < -0.4 is 10.6 Å². The highest BCUT2D eigenvalue weighted by Gasteiger charge is 2.29. The van der Waals surface area contributed by atoms with Gasteiger partial charge in [0.25, 0.3) is 0 Å². The van der Waals surface area contributed by atoms with Gasteiger partial charge in [-0.25, -0.2) is 0 Å². The van der Waals surface area contributed by atoms with E-state index in [0.717, 1.165) is 30.1 Å². The van der Waals surface area contributed by atoms with Gasteiger partial charge in [0.1, 0.15) is 0 Å². The van der Waals surface area contributed by atoms with Gasteiger partial charge in [-0.05, 0) is 31.9 Å². The highest BCUT2D eigenvalue weighted by molar-refractivity contribution is 6.31. The smallest absolute Gasteiger partial charge is 0.226 e. The van der Waals surface area contributed by atoms with Crippen LogP contribution in [0, 0.1) is 5.92 Å². The van der Waals surface area contributed by atoms with Crippen LogP contribution in [0.3, 0.4) is 0 Å². The standard InChI is InChI=1S/C14H19ClN2O/c1-14(2,17-13(18)11-8-16-9-11)7-10-5-3-4-6-12(10)15/h3-6,11,16H,7-9H2,1-2H3,(H,17,18). The lowest BCUT2D eigenvalue weighted by Crippen LogP contribution is -2.55. The third-order valence-electron chi connectivity index (χ3n) is 3.20. The van der Waals surface area contributed by atoms with Crippen molar-refractivity contribution in [2.24, 2.45) is 5.92 Å². The molecule has 1 aromatic rings.